The van der Waals surface area contributed by atoms with Gasteiger partial charge >= 0.3 is 0 Å². The number of fused-ring (bicyclic) bond motifs is 5. The molecule has 2 aliphatic carbocycles. The van der Waals surface area contributed by atoms with Crippen LogP contribution in [0.15, 0.2) is 36.4 Å². The van der Waals surface area contributed by atoms with Crippen molar-refractivity contribution >= 4 is 33.2 Å². The lowest BCUT2D eigenvalue weighted by atomic mass is 9.65. The van der Waals surface area contributed by atoms with Gasteiger partial charge in [0.1, 0.15) is 5.75 Å². The maximum atomic E-state index is 13.6. The zero-order chi connectivity index (χ0) is 36.2. The molecule has 4 heterocycles. The van der Waals surface area contributed by atoms with Gasteiger partial charge in [-0.25, -0.2) is 13.1 Å². The summed E-state index contributed by atoms with van der Waals surface area (Å²) in [4.78, 5) is 24.1. The zero-order valence-electron chi connectivity index (χ0n) is 31.4. The summed E-state index contributed by atoms with van der Waals surface area (Å²) in [5.74, 6) is 1.87. The number of anilines is 1. The van der Waals surface area contributed by atoms with Gasteiger partial charge in [-0.2, -0.15) is 0 Å². The molecule has 0 aromatic heterocycles. The Morgan fingerprint density at radius 3 is 2.63 bits per heavy atom. The molecule has 11 heteroatoms. The molecule has 1 amide bonds. The van der Waals surface area contributed by atoms with Gasteiger partial charge in [0.05, 0.1) is 17.5 Å². The molecule has 1 saturated carbocycles. The highest BCUT2D eigenvalue weighted by molar-refractivity contribution is 7.90. The minimum atomic E-state index is -3.87. The second kappa shape index (κ2) is 14.7. The number of aryl methyl sites for hydroxylation is 1. The Morgan fingerprint density at radius 2 is 1.81 bits per heavy atom. The van der Waals surface area contributed by atoms with Crippen molar-refractivity contribution in [1.29, 1.82) is 0 Å². The molecular formula is C41H58ClN5O4S. The predicted octanol–water partition coefficient (Wildman–Crippen LogP) is 5.66. The third-order valence-corrected chi connectivity index (χ3v) is 16.2. The highest BCUT2D eigenvalue weighted by atomic mass is 35.5. The summed E-state index contributed by atoms with van der Waals surface area (Å²) in [6, 6.07) is 12.4. The number of benzene rings is 2. The molecule has 2 aromatic rings. The maximum Gasteiger partial charge on any atom is 0.264 e. The van der Waals surface area contributed by atoms with Gasteiger partial charge in [0, 0.05) is 80.9 Å². The van der Waals surface area contributed by atoms with E-state index in [1.165, 1.54) is 30.5 Å². The maximum absolute atomic E-state index is 13.6. The molecule has 6 aliphatic rings. The number of carbonyl (C=O) groups is 1. The van der Waals surface area contributed by atoms with Crippen molar-refractivity contribution in [2.45, 2.75) is 81.9 Å². The Bertz CT molecular complexity index is 1760. The molecule has 284 valence electrons. The lowest BCUT2D eigenvalue weighted by Gasteiger charge is -2.50. The summed E-state index contributed by atoms with van der Waals surface area (Å²) in [6.45, 7) is 14.0. The van der Waals surface area contributed by atoms with Crippen molar-refractivity contribution in [2.75, 3.05) is 77.5 Å². The summed E-state index contributed by atoms with van der Waals surface area (Å²) in [5, 5.41) is 0.101. The molecule has 1 N–H and O–H groups in total. The number of sulfonamides is 1. The molecule has 3 fully saturated rings. The summed E-state index contributed by atoms with van der Waals surface area (Å²) in [5.41, 5.74) is 3.68. The van der Waals surface area contributed by atoms with E-state index < -0.39 is 21.2 Å². The van der Waals surface area contributed by atoms with E-state index in [-0.39, 0.29) is 11.3 Å². The molecule has 8 rings (SSSR count). The van der Waals surface area contributed by atoms with E-state index in [4.69, 9.17) is 16.3 Å². The lowest BCUT2D eigenvalue weighted by Crippen LogP contribution is -2.62. The number of piperazine rings is 2. The second-order valence-electron chi connectivity index (χ2n) is 17.3. The van der Waals surface area contributed by atoms with Crippen LogP contribution in [0.25, 0.3) is 0 Å². The number of amides is 1. The number of halogens is 1. The monoisotopic (exact) mass is 751 g/mol. The summed E-state index contributed by atoms with van der Waals surface area (Å²) in [6.07, 6.45) is 8.50. The quantitative estimate of drug-likeness (QED) is 0.422. The van der Waals surface area contributed by atoms with Crippen LogP contribution in [-0.2, 0) is 21.9 Å². The van der Waals surface area contributed by atoms with Gasteiger partial charge < -0.3 is 19.4 Å². The number of ether oxygens (including phenoxy) is 1. The van der Waals surface area contributed by atoms with E-state index in [2.05, 4.69) is 43.5 Å². The van der Waals surface area contributed by atoms with Crippen molar-refractivity contribution in [2.24, 2.45) is 23.7 Å². The van der Waals surface area contributed by atoms with Crippen molar-refractivity contribution in [3.63, 3.8) is 0 Å². The van der Waals surface area contributed by atoms with E-state index in [0.29, 0.717) is 36.0 Å². The van der Waals surface area contributed by atoms with Gasteiger partial charge in [-0.1, -0.05) is 31.0 Å². The Balaban J connectivity index is 1.13. The highest BCUT2D eigenvalue weighted by Crippen LogP contribution is 2.48. The van der Waals surface area contributed by atoms with Crippen LogP contribution in [0, 0.1) is 23.7 Å². The fourth-order valence-electron chi connectivity index (χ4n) is 10.6. The first-order chi connectivity index (χ1) is 25.0. The van der Waals surface area contributed by atoms with Crippen LogP contribution < -0.4 is 14.4 Å². The van der Waals surface area contributed by atoms with E-state index in [1.807, 2.05) is 25.1 Å². The minimum absolute atomic E-state index is 0.0576. The van der Waals surface area contributed by atoms with Gasteiger partial charge in [0.25, 0.3) is 5.91 Å². The third kappa shape index (κ3) is 7.24. The molecule has 2 bridgehead atoms. The van der Waals surface area contributed by atoms with E-state index in [1.54, 1.807) is 13.0 Å². The van der Waals surface area contributed by atoms with Crippen molar-refractivity contribution in [3.05, 3.63) is 58.1 Å². The van der Waals surface area contributed by atoms with Crippen LogP contribution in [0.1, 0.15) is 80.3 Å². The average Bonchev–Trinajstić information content (AvgIpc) is 3.25. The molecule has 1 spiro atoms. The molecule has 2 saturated heterocycles. The van der Waals surface area contributed by atoms with Gasteiger partial charge in [-0.15, -0.1) is 0 Å². The number of likely N-dealkylation sites (N-methyl/N-ethyl adjacent to an activating group) is 1. The number of nitrogens with zero attached hydrogens (tertiary/aromatic N) is 4. The number of carbonyl (C=O) groups excluding carboxylic acids is 1. The van der Waals surface area contributed by atoms with Crippen molar-refractivity contribution in [3.8, 4) is 5.75 Å². The molecule has 52 heavy (non-hydrogen) atoms. The van der Waals surface area contributed by atoms with E-state index >= 15 is 0 Å². The molecule has 0 radical (unpaired) electrons. The van der Waals surface area contributed by atoms with Crippen molar-refractivity contribution in [1.82, 2.24) is 19.4 Å². The number of rotatable bonds is 2. The van der Waals surface area contributed by atoms with Crippen LogP contribution in [0.5, 0.6) is 5.75 Å². The minimum Gasteiger partial charge on any atom is -0.490 e. The van der Waals surface area contributed by atoms with Gasteiger partial charge in [-0.05, 0) is 124 Å². The fourth-order valence-corrected chi connectivity index (χ4v) is 12.1. The summed E-state index contributed by atoms with van der Waals surface area (Å²) >= 11 is 6.51. The summed E-state index contributed by atoms with van der Waals surface area (Å²) < 4.78 is 36.3. The number of nitrogens with one attached hydrogen (secondary N) is 1. The molecular weight excluding hydrogens is 694 g/mol. The van der Waals surface area contributed by atoms with Crippen LogP contribution in [0.4, 0.5) is 5.69 Å². The molecule has 9 nitrogen and oxygen atoms in total. The van der Waals surface area contributed by atoms with Crippen molar-refractivity contribution < 1.29 is 17.9 Å². The largest absolute Gasteiger partial charge is 0.490 e. The normalized spacial score (nSPS) is 34.5. The molecule has 7 atom stereocenters. The number of hydrogen-bond donors (Lipinski definition) is 1. The second-order valence-corrected chi connectivity index (χ2v) is 19.8. The van der Waals surface area contributed by atoms with Gasteiger partial charge in [0.2, 0.25) is 10.0 Å². The van der Waals surface area contributed by atoms with Gasteiger partial charge in [-0.3, -0.25) is 9.69 Å². The van der Waals surface area contributed by atoms with Crippen LogP contribution in [-0.4, -0.2) is 113 Å². The first kappa shape index (κ1) is 36.6. The van der Waals surface area contributed by atoms with Crippen LogP contribution >= 0.6 is 11.6 Å². The van der Waals surface area contributed by atoms with E-state index in [0.717, 1.165) is 107 Å². The standard InChI is InChI=1S/C41H58ClN5O4S/c1-28-6-4-7-32(22-45-17-19-46-18-16-44(3)24-35(46)25-45)36-12-9-33(36)23-47-26-41(15-5-8-30-20-34(42)11-13-37(30)41)27-51-39-14-10-31(21-38(39)47)40(48)43-52(49,50)29(28)2/h10-11,13-14,20-21,28-29,32-33,35-36H,4-9,12,15-19,22-27H2,1-3H3,(H,43,48)/t28-,29+,32-,33-,35-,36-,41-/m0/s1. The molecule has 2 aromatic carbocycles. The third-order valence-electron chi connectivity index (χ3n) is 14.1. The smallest absolute Gasteiger partial charge is 0.264 e. The molecule has 0 unspecified atom stereocenters. The van der Waals surface area contributed by atoms with Gasteiger partial charge in [0.15, 0.2) is 0 Å². The van der Waals surface area contributed by atoms with E-state index in [9.17, 15) is 13.2 Å². The first-order valence-electron chi connectivity index (χ1n) is 20.0. The Kier molecular flexibility index (Phi) is 10.3. The lowest BCUT2D eigenvalue weighted by molar-refractivity contribution is -0.000936. The predicted molar refractivity (Wildman–Crippen MR) is 208 cm³/mol. The highest BCUT2D eigenvalue weighted by Gasteiger charge is 2.45. The Morgan fingerprint density at radius 1 is 0.962 bits per heavy atom. The number of hydrogen-bond acceptors (Lipinski definition) is 8. The van der Waals surface area contributed by atoms with Crippen LogP contribution in [0.2, 0.25) is 5.02 Å². The molecule has 4 aliphatic heterocycles. The topological polar surface area (TPSA) is 85.4 Å². The first-order valence-corrected chi connectivity index (χ1v) is 21.9. The van der Waals surface area contributed by atoms with Crippen LogP contribution in [0.3, 0.4) is 0 Å². The average molecular weight is 752 g/mol. The Hall–Kier alpha value is -2.37. The zero-order valence-corrected chi connectivity index (χ0v) is 32.9. The SMILES string of the molecule is C[C@@H]1[C@@H](C)CCC[C@@H](CN2CCN3CCN(C)C[C@H]3C2)[C@@H]2CC[C@H]2CN2C[C@@]3(CCCc4cc(Cl)ccc43)COc3ccc(cc32)C(=O)NS1(=O)=O. The summed E-state index contributed by atoms with van der Waals surface area (Å²) in [7, 11) is -1.61. The Labute approximate surface area is 316 Å². The fraction of sp³-hybridized carbons (Fsp3) is 0.683.